The Labute approximate surface area is 120 Å². The zero-order valence-electron chi connectivity index (χ0n) is 10.3. The van der Waals surface area contributed by atoms with Crippen molar-refractivity contribution in [3.05, 3.63) is 40.2 Å². The van der Waals surface area contributed by atoms with Crippen LogP contribution >= 0.6 is 22.9 Å². The zero-order valence-corrected chi connectivity index (χ0v) is 12.7. The number of hydrogen-bond acceptors (Lipinski definition) is 4. The van der Waals surface area contributed by atoms with Gasteiger partial charge in [-0.15, -0.1) is 11.3 Å². The molecule has 0 spiro atoms. The van der Waals surface area contributed by atoms with Crippen LogP contribution in [0, 0.1) is 6.92 Å². The van der Waals surface area contributed by atoms with Crippen LogP contribution < -0.4 is 4.31 Å². The fourth-order valence-electron chi connectivity index (χ4n) is 1.50. The van der Waals surface area contributed by atoms with Gasteiger partial charge in [-0.1, -0.05) is 11.6 Å². The summed E-state index contributed by atoms with van der Waals surface area (Å²) in [5.41, 5.74) is 1.21. The maximum atomic E-state index is 12.4. The zero-order chi connectivity index (χ0) is 14.2. The van der Waals surface area contributed by atoms with Crippen LogP contribution in [0.15, 0.2) is 34.5 Å². The van der Waals surface area contributed by atoms with Crippen LogP contribution in [0.2, 0.25) is 4.34 Å². The fourth-order valence-corrected chi connectivity index (χ4v) is 4.57. The van der Waals surface area contributed by atoms with Crippen LogP contribution in [0.4, 0.5) is 5.69 Å². The van der Waals surface area contributed by atoms with Crippen molar-refractivity contribution in [3.63, 3.8) is 0 Å². The Bertz CT molecular complexity index is 673. The molecule has 0 bridgehead atoms. The summed E-state index contributed by atoms with van der Waals surface area (Å²) in [5, 5.41) is 9.21. The fraction of sp³-hybridized carbons (Fsp3) is 0.167. The molecule has 0 fully saturated rings. The van der Waals surface area contributed by atoms with E-state index in [0.717, 1.165) is 21.2 Å². The number of nitrogens with zero attached hydrogens (tertiary/aromatic N) is 1. The predicted octanol–water partition coefficient (Wildman–Crippen LogP) is 3.24. The molecule has 102 valence electrons. The largest absolute Gasteiger partial charge is 0.508 e. The van der Waals surface area contributed by atoms with Crippen LogP contribution in [0.5, 0.6) is 5.75 Å². The average molecular weight is 318 g/mol. The molecule has 2 rings (SSSR count). The first kappa shape index (κ1) is 14.2. The van der Waals surface area contributed by atoms with Crippen molar-refractivity contribution in [2.75, 3.05) is 11.4 Å². The third-order valence-corrected chi connectivity index (χ3v) is 6.45. The second kappa shape index (κ2) is 5.03. The SMILES string of the molecule is Cc1cc(S(=O)(=O)N(C)c2ccc(O)cc2)sc1Cl. The third-order valence-electron chi connectivity index (χ3n) is 2.66. The normalized spacial score (nSPS) is 11.5. The van der Waals surface area contributed by atoms with Gasteiger partial charge in [-0.25, -0.2) is 8.42 Å². The van der Waals surface area contributed by atoms with Crippen LogP contribution in [0.3, 0.4) is 0 Å². The number of phenolic OH excluding ortho intramolecular Hbond substituents is 1. The smallest absolute Gasteiger partial charge is 0.273 e. The highest BCUT2D eigenvalue weighted by atomic mass is 35.5. The molecule has 0 aliphatic rings. The highest BCUT2D eigenvalue weighted by molar-refractivity contribution is 7.94. The summed E-state index contributed by atoms with van der Waals surface area (Å²) < 4.78 is 26.6. The van der Waals surface area contributed by atoms with Gasteiger partial charge in [-0.3, -0.25) is 4.31 Å². The van der Waals surface area contributed by atoms with E-state index >= 15 is 0 Å². The quantitative estimate of drug-likeness (QED) is 0.945. The molecular formula is C12H12ClNO3S2. The number of benzene rings is 1. The van der Waals surface area contributed by atoms with Crippen LogP contribution in [0.25, 0.3) is 0 Å². The molecular weight excluding hydrogens is 306 g/mol. The van der Waals surface area contributed by atoms with Gasteiger partial charge in [0.05, 0.1) is 10.0 Å². The Hall–Kier alpha value is -1.24. The molecule has 4 nitrogen and oxygen atoms in total. The molecule has 0 aliphatic heterocycles. The van der Waals surface area contributed by atoms with Crippen molar-refractivity contribution < 1.29 is 13.5 Å². The number of thiophene rings is 1. The predicted molar refractivity (Wildman–Crippen MR) is 77.8 cm³/mol. The number of sulfonamides is 1. The van der Waals surface area contributed by atoms with Gasteiger partial charge >= 0.3 is 0 Å². The molecule has 1 aromatic carbocycles. The van der Waals surface area contributed by atoms with E-state index in [0.29, 0.717) is 10.0 Å². The van der Waals surface area contributed by atoms with E-state index in [4.69, 9.17) is 11.6 Å². The van der Waals surface area contributed by atoms with Gasteiger partial charge in [-0.05, 0) is 42.8 Å². The topological polar surface area (TPSA) is 57.6 Å². The van der Waals surface area contributed by atoms with Crippen LogP contribution in [0.1, 0.15) is 5.56 Å². The lowest BCUT2D eigenvalue weighted by atomic mass is 10.3. The number of phenols is 1. The molecule has 0 radical (unpaired) electrons. The minimum Gasteiger partial charge on any atom is -0.508 e. The van der Waals surface area contributed by atoms with Crippen LogP contribution in [-0.2, 0) is 10.0 Å². The Morgan fingerprint density at radius 3 is 2.32 bits per heavy atom. The van der Waals surface area contributed by atoms with Gasteiger partial charge in [0.25, 0.3) is 10.0 Å². The highest BCUT2D eigenvalue weighted by Crippen LogP contribution is 2.33. The number of rotatable bonds is 3. The van der Waals surface area contributed by atoms with Crippen molar-refractivity contribution >= 4 is 38.6 Å². The van der Waals surface area contributed by atoms with Gasteiger partial charge in [0.15, 0.2) is 0 Å². The van der Waals surface area contributed by atoms with Gasteiger partial charge in [0.2, 0.25) is 0 Å². The van der Waals surface area contributed by atoms with Crippen LogP contribution in [-0.4, -0.2) is 20.6 Å². The summed E-state index contributed by atoms with van der Waals surface area (Å²) in [5.74, 6) is 0.0876. The standard InChI is InChI=1S/C12H12ClNO3S2/c1-8-7-11(18-12(8)13)19(16,17)14(2)9-3-5-10(15)6-4-9/h3-7,15H,1-2H3. The Balaban J connectivity index is 2.41. The lowest BCUT2D eigenvalue weighted by Crippen LogP contribution is -2.25. The number of aryl methyl sites for hydroxylation is 1. The molecule has 1 aromatic heterocycles. The first-order valence-electron chi connectivity index (χ1n) is 5.36. The van der Waals surface area contributed by atoms with Gasteiger partial charge in [0, 0.05) is 7.05 Å². The molecule has 0 aliphatic carbocycles. The molecule has 19 heavy (non-hydrogen) atoms. The molecule has 0 atom stereocenters. The number of aromatic hydroxyl groups is 1. The molecule has 7 heteroatoms. The average Bonchev–Trinajstić information content (AvgIpc) is 2.70. The minimum absolute atomic E-state index is 0.0876. The van der Waals surface area contributed by atoms with E-state index in [9.17, 15) is 13.5 Å². The summed E-state index contributed by atoms with van der Waals surface area (Å²) in [6, 6.07) is 7.51. The Morgan fingerprint density at radius 2 is 1.84 bits per heavy atom. The lowest BCUT2D eigenvalue weighted by Gasteiger charge is -2.18. The van der Waals surface area contributed by atoms with E-state index < -0.39 is 10.0 Å². The van der Waals surface area contributed by atoms with Gasteiger partial charge < -0.3 is 5.11 Å². The second-order valence-corrected chi connectivity index (χ2v) is 7.86. The molecule has 0 saturated heterocycles. The number of hydrogen-bond donors (Lipinski definition) is 1. The van der Waals surface area contributed by atoms with E-state index in [-0.39, 0.29) is 9.96 Å². The molecule has 0 unspecified atom stereocenters. The summed E-state index contributed by atoms with van der Waals surface area (Å²) in [6.07, 6.45) is 0. The summed E-state index contributed by atoms with van der Waals surface area (Å²) in [4.78, 5) is 0. The lowest BCUT2D eigenvalue weighted by molar-refractivity contribution is 0.475. The first-order valence-corrected chi connectivity index (χ1v) is 7.99. The number of anilines is 1. The Morgan fingerprint density at radius 1 is 1.26 bits per heavy atom. The monoisotopic (exact) mass is 317 g/mol. The first-order chi connectivity index (χ1) is 8.82. The molecule has 1 heterocycles. The Kier molecular flexibility index (Phi) is 3.75. The molecule has 1 N–H and O–H groups in total. The third kappa shape index (κ3) is 2.70. The minimum atomic E-state index is -3.62. The van der Waals surface area contributed by atoms with E-state index in [1.54, 1.807) is 13.0 Å². The maximum absolute atomic E-state index is 12.4. The molecule has 2 aromatic rings. The van der Waals surface area contributed by atoms with Crippen molar-refractivity contribution in [1.82, 2.24) is 0 Å². The highest BCUT2D eigenvalue weighted by Gasteiger charge is 2.24. The number of halogens is 1. The van der Waals surface area contributed by atoms with E-state index in [2.05, 4.69) is 0 Å². The van der Waals surface area contributed by atoms with Crippen molar-refractivity contribution in [2.45, 2.75) is 11.1 Å². The summed E-state index contributed by atoms with van der Waals surface area (Å²) in [6.45, 7) is 1.76. The van der Waals surface area contributed by atoms with Crippen molar-refractivity contribution in [2.24, 2.45) is 0 Å². The van der Waals surface area contributed by atoms with Crippen molar-refractivity contribution in [1.29, 1.82) is 0 Å². The van der Waals surface area contributed by atoms with Crippen molar-refractivity contribution in [3.8, 4) is 5.75 Å². The second-order valence-electron chi connectivity index (χ2n) is 4.01. The summed E-state index contributed by atoms with van der Waals surface area (Å²) in [7, 11) is -2.16. The maximum Gasteiger partial charge on any atom is 0.273 e. The van der Waals surface area contributed by atoms with Gasteiger partial charge in [0.1, 0.15) is 9.96 Å². The molecule has 0 amide bonds. The van der Waals surface area contributed by atoms with E-state index in [1.165, 1.54) is 31.3 Å². The molecule has 0 saturated carbocycles. The van der Waals surface area contributed by atoms with Gasteiger partial charge in [-0.2, -0.15) is 0 Å². The van der Waals surface area contributed by atoms with E-state index in [1.807, 2.05) is 0 Å². The summed E-state index contributed by atoms with van der Waals surface area (Å²) >= 11 is 6.94.